The van der Waals surface area contributed by atoms with Gasteiger partial charge in [0.15, 0.2) is 0 Å². The van der Waals surface area contributed by atoms with E-state index in [9.17, 15) is 8.78 Å². The van der Waals surface area contributed by atoms with E-state index in [1.807, 2.05) is 0 Å². The van der Waals surface area contributed by atoms with E-state index in [1.165, 1.54) is 6.20 Å². The number of aromatic nitrogens is 1. The number of halogens is 4. The highest BCUT2D eigenvalue weighted by atomic mass is 79.9. The number of hydrogen-bond donors (Lipinski definition) is 0. The van der Waals surface area contributed by atoms with Gasteiger partial charge in [-0.15, -0.1) is 0 Å². The highest BCUT2D eigenvalue weighted by Crippen LogP contribution is 2.31. The number of alkyl halides is 2. The Morgan fingerprint density at radius 1 is 1.42 bits per heavy atom. The third kappa shape index (κ3) is 1.82. The Labute approximate surface area is 85.4 Å². The number of nitrogens with zero attached hydrogens (tertiary/aromatic N) is 1. The van der Waals surface area contributed by atoms with Crippen molar-refractivity contribution in [2.75, 3.05) is 0 Å². The van der Waals surface area contributed by atoms with E-state index in [4.69, 9.17) is 0 Å². The second-order valence-corrected chi connectivity index (χ2v) is 3.79. The van der Waals surface area contributed by atoms with Crippen LogP contribution in [0.4, 0.5) is 8.78 Å². The van der Waals surface area contributed by atoms with Gasteiger partial charge in [-0.1, -0.05) is 0 Å². The second kappa shape index (κ2) is 3.79. The van der Waals surface area contributed by atoms with Crippen LogP contribution in [0.15, 0.2) is 15.3 Å². The molecule has 0 aliphatic rings. The van der Waals surface area contributed by atoms with E-state index in [1.54, 1.807) is 6.92 Å². The van der Waals surface area contributed by atoms with Gasteiger partial charge in [0.2, 0.25) is 0 Å². The minimum atomic E-state index is -2.47. The van der Waals surface area contributed by atoms with Crippen molar-refractivity contribution in [3.05, 3.63) is 26.4 Å². The van der Waals surface area contributed by atoms with E-state index in [0.29, 0.717) is 14.6 Å². The third-order valence-electron chi connectivity index (χ3n) is 1.50. The summed E-state index contributed by atoms with van der Waals surface area (Å²) in [6.07, 6.45) is -1.30. The van der Waals surface area contributed by atoms with Crippen LogP contribution in [0.3, 0.4) is 0 Å². The summed E-state index contributed by atoms with van der Waals surface area (Å²) >= 11 is 6.28. The fourth-order valence-corrected chi connectivity index (χ4v) is 1.51. The van der Waals surface area contributed by atoms with E-state index < -0.39 is 6.43 Å². The van der Waals surface area contributed by atoms with Gasteiger partial charge < -0.3 is 0 Å². The number of hydrogen-bond acceptors (Lipinski definition) is 1. The predicted molar refractivity (Wildman–Crippen MR) is 49.3 cm³/mol. The maximum atomic E-state index is 12.3. The smallest absolute Gasteiger partial charge is 0.248 e. The zero-order valence-corrected chi connectivity index (χ0v) is 9.29. The molecule has 0 atom stereocenters. The van der Waals surface area contributed by atoms with Crippen molar-refractivity contribution in [3.8, 4) is 0 Å². The van der Waals surface area contributed by atoms with Crippen LogP contribution in [0, 0.1) is 6.92 Å². The zero-order valence-electron chi connectivity index (χ0n) is 6.11. The SMILES string of the molecule is Cc1c(C(F)F)cnc(Br)c1Br. The molecule has 0 saturated carbocycles. The van der Waals surface area contributed by atoms with Crippen LogP contribution in [0.2, 0.25) is 0 Å². The van der Waals surface area contributed by atoms with Gasteiger partial charge in [-0.3, -0.25) is 0 Å². The fraction of sp³-hybridized carbons (Fsp3) is 0.286. The summed E-state index contributed by atoms with van der Waals surface area (Å²) in [5.41, 5.74) is 0.483. The Hall–Kier alpha value is -0.0300. The van der Waals surface area contributed by atoms with E-state index in [0.717, 1.165) is 0 Å². The van der Waals surface area contributed by atoms with Gasteiger partial charge in [0.25, 0.3) is 6.43 Å². The standard InChI is InChI=1S/C7H5Br2F2N/c1-3-4(7(10)11)2-12-6(9)5(3)8/h2,7H,1H3. The van der Waals surface area contributed by atoms with Crippen LogP contribution in [-0.2, 0) is 0 Å². The molecular weight excluding hydrogens is 296 g/mol. The highest BCUT2D eigenvalue weighted by Gasteiger charge is 2.14. The lowest BCUT2D eigenvalue weighted by Crippen LogP contribution is -1.93. The van der Waals surface area contributed by atoms with Crippen molar-refractivity contribution >= 4 is 31.9 Å². The Bertz CT molecular complexity index is 302. The van der Waals surface area contributed by atoms with E-state index >= 15 is 0 Å². The van der Waals surface area contributed by atoms with Crippen LogP contribution in [0.25, 0.3) is 0 Å². The van der Waals surface area contributed by atoms with Crippen LogP contribution in [0.5, 0.6) is 0 Å². The fourth-order valence-electron chi connectivity index (χ4n) is 0.781. The van der Waals surface area contributed by atoms with Crippen molar-refractivity contribution in [2.45, 2.75) is 13.3 Å². The molecular formula is C7H5Br2F2N. The minimum absolute atomic E-state index is 0.0370. The maximum absolute atomic E-state index is 12.3. The van der Waals surface area contributed by atoms with Crippen LogP contribution in [-0.4, -0.2) is 4.98 Å². The molecule has 1 heterocycles. The summed E-state index contributed by atoms with van der Waals surface area (Å²) in [6, 6.07) is 0. The Morgan fingerprint density at radius 2 is 2.00 bits per heavy atom. The van der Waals surface area contributed by atoms with Crippen molar-refractivity contribution in [1.29, 1.82) is 0 Å². The molecule has 0 bridgehead atoms. The largest absolute Gasteiger partial charge is 0.265 e. The minimum Gasteiger partial charge on any atom is -0.248 e. The van der Waals surface area contributed by atoms with E-state index in [2.05, 4.69) is 36.8 Å². The molecule has 66 valence electrons. The number of pyridine rings is 1. The monoisotopic (exact) mass is 299 g/mol. The molecule has 0 unspecified atom stereocenters. The molecule has 0 fully saturated rings. The maximum Gasteiger partial charge on any atom is 0.265 e. The molecule has 0 saturated heterocycles. The van der Waals surface area contributed by atoms with Crippen LogP contribution >= 0.6 is 31.9 Å². The zero-order chi connectivity index (χ0) is 9.30. The average molecular weight is 301 g/mol. The summed E-state index contributed by atoms with van der Waals surface area (Å²) in [4.78, 5) is 3.75. The molecule has 5 heteroatoms. The topological polar surface area (TPSA) is 12.9 Å². The van der Waals surface area contributed by atoms with Gasteiger partial charge in [-0.2, -0.15) is 0 Å². The normalized spacial score (nSPS) is 10.8. The Balaban J connectivity index is 3.27. The molecule has 1 nitrogen and oxygen atoms in total. The lowest BCUT2D eigenvalue weighted by molar-refractivity contribution is 0.150. The van der Waals surface area contributed by atoms with Gasteiger partial charge in [0.1, 0.15) is 4.60 Å². The molecule has 0 aliphatic heterocycles. The molecule has 0 radical (unpaired) electrons. The third-order valence-corrected chi connectivity index (χ3v) is 3.60. The molecule has 0 amide bonds. The van der Waals surface area contributed by atoms with Gasteiger partial charge in [0.05, 0.1) is 4.47 Å². The first-order valence-corrected chi connectivity index (χ1v) is 4.71. The molecule has 1 aromatic heterocycles. The molecule has 1 rings (SSSR count). The van der Waals surface area contributed by atoms with Crippen LogP contribution in [0.1, 0.15) is 17.6 Å². The van der Waals surface area contributed by atoms with Crippen LogP contribution < -0.4 is 0 Å². The number of rotatable bonds is 1. The quantitative estimate of drug-likeness (QED) is 0.718. The first-order chi connectivity index (χ1) is 5.54. The molecule has 12 heavy (non-hydrogen) atoms. The van der Waals surface area contributed by atoms with Crippen molar-refractivity contribution in [1.82, 2.24) is 4.98 Å². The Kier molecular flexibility index (Phi) is 3.17. The molecule has 0 aromatic carbocycles. The second-order valence-electron chi connectivity index (χ2n) is 2.24. The molecule has 0 N–H and O–H groups in total. The summed E-state index contributed by atoms with van der Waals surface area (Å²) in [6.45, 7) is 1.62. The van der Waals surface area contributed by atoms with Crippen molar-refractivity contribution < 1.29 is 8.78 Å². The highest BCUT2D eigenvalue weighted by molar-refractivity contribution is 9.13. The van der Waals surface area contributed by atoms with Gasteiger partial charge in [-0.25, -0.2) is 13.8 Å². The average Bonchev–Trinajstić information content (AvgIpc) is 2.00. The summed E-state index contributed by atoms with van der Waals surface area (Å²) in [5, 5.41) is 0. The summed E-state index contributed by atoms with van der Waals surface area (Å²) in [5.74, 6) is 0. The molecule has 0 spiro atoms. The van der Waals surface area contributed by atoms with Gasteiger partial charge in [0, 0.05) is 11.8 Å². The molecule has 0 aliphatic carbocycles. The predicted octanol–water partition coefficient (Wildman–Crippen LogP) is 3.85. The Morgan fingerprint density at radius 3 is 2.50 bits per heavy atom. The first kappa shape index (κ1) is 10.1. The molecule has 1 aromatic rings. The summed E-state index contributed by atoms with van der Waals surface area (Å²) < 4.78 is 25.7. The van der Waals surface area contributed by atoms with Gasteiger partial charge >= 0.3 is 0 Å². The lowest BCUT2D eigenvalue weighted by Gasteiger charge is -2.06. The van der Waals surface area contributed by atoms with Crippen molar-refractivity contribution in [3.63, 3.8) is 0 Å². The van der Waals surface area contributed by atoms with Crippen molar-refractivity contribution in [2.24, 2.45) is 0 Å². The first-order valence-electron chi connectivity index (χ1n) is 3.12. The lowest BCUT2D eigenvalue weighted by atomic mass is 10.2. The van der Waals surface area contributed by atoms with Gasteiger partial charge in [-0.05, 0) is 44.3 Å². The van der Waals surface area contributed by atoms with E-state index in [-0.39, 0.29) is 5.56 Å². The summed E-state index contributed by atoms with van der Waals surface area (Å²) in [7, 11) is 0.